The first-order valence-electron chi connectivity index (χ1n) is 9.73. The molecule has 0 radical (unpaired) electrons. The third-order valence-electron chi connectivity index (χ3n) is 5.06. The summed E-state index contributed by atoms with van der Waals surface area (Å²) in [6.45, 7) is 4.06. The number of hydrogen-bond acceptors (Lipinski definition) is 6. The van der Waals surface area contributed by atoms with Crippen molar-refractivity contribution in [2.24, 2.45) is 0 Å². The standard InChI is InChI=1S/C22H23FN4O3/c1-29-19-8-6-18(7-9-19)27-12-10-26(11-13-27)14-21-25-20(15-30-21)22(28)24-17-4-2-16(23)3-5-17/h2-9,15H,10-14H2,1H3,(H,24,28). The predicted molar refractivity (Wildman–Crippen MR) is 111 cm³/mol. The van der Waals surface area contributed by atoms with Crippen molar-refractivity contribution in [2.75, 3.05) is 43.5 Å². The molecule has 1 aromatic heterocycles. The number of amides is 1. The number of rotatable bonds is 6. The highest BCUT2D eigenvalue weighted by Gasteiger charge is 2.20. The molecule has 1 N–H and O–H groups in total. The molecule has 30 heavy (non-hydrogen) atoms. The Morgan fingerprint density at radius 2 is 1.80 bits per heavy atom. The minimum Gasteiger partial charge on any atom is -0.497 e. The summed E-state index contributed by atoms with van der Waals surface area (Å²) >= 11 is 0. The number of piperazine rings is 1. The smallest absolute Gasteiger partial charge is 0.277 e. The molecule has 0 spiro atoms. The zero-order chi connectivity index (χ0) is 20.9. The maximum absolute atomic E-state index is 13.0. The van der Waals surface area contributed by atoms with Gasteiger partial charge in [0, 0.05) is 37.6 Å². The van der Waals surface area contributed by atoms with Gasteiger partial charge in [-0.3, -0.25) is 9.69 Å². The molecule has 2 aromatic carbocycles. The number of nitrogens with one attached hydrogen (secondary N) is 1. The molecule has 1 amide bonds. The molecule has 8 heteroatoms. The van der Waals surface area contributed by atoms with Gasteiger partial charge in [0.2, 0.25) is 5.89 Å². The van der Waals surface area contributed by atoms with Crippen LogP contribution in [0.3, 0.4) is 0 Å². The van der Waals surface area contributed by atoms with Gasteiger partial charge in [0.25, 0.3) is 5.91 Å². The van der Waals surface area contributed by atoms with Gasteiger partial charge in [0.15, 0.2) is 5.69 Å². The molecule has 0 aliphatic carbocycles. The predicted octanol–water partition coefficient (Wildman–Crippen LogP) is 3.40. The molecule has 0 atom stereocenters. The first-order chi connectivity index (χ1) is 14.6. The summed E-state index contributed by atoms with van der Waals surface area (Å²) in [5.74, 6) is 0.599. The van der Waals surface area contributed by atoms with E-state index in [1.165, 1.54) is 36.2 Å². The second-order valence-electron chi connectivity index (χ2n) is 7.05. The second kappa shape index (κ2) is 8.96. The Bertz CT molecular complexity index is 980. The van der Waals surface area contributed by atoms with Crippen molar-refractivity contribution in [2.45, 2.75) is 6.54 Å². The summed E-state index contributed by atoms with van der Waals surface area (Å²) in [4.78, 5) is 21.2. The quantitative estimate of drug-likeness (QED) is 0.672. The summed E-state index contributed by atoms with van der Waals surface area (Å²) in [6.07, 6.45) is 1.35. The Morgan fingerprint density at radius 1 is 1.10 bits per heavy atom. The van der Waals surface area contributed by atoms with E-state index in [1.807, 2.05) is 12.1 Å². The first-order valence-corrected chi connectivity index (χ1v) is 9.73. The number of anilines is 2. The molecule has 3 aromatic rings. The molecular weight excluding hydrogens is 387 g/mol. The topological polar surface area (TPSA) is 70.8 Å². The van der Waals surface area contributed by atoms with Gasteiger partial charge >= 0.3 is 0 Å². The van der Waals surface area contributed by atoms with Crippen LogP contribution in [0.5, 0.6) is 5.75 Å². The average molecular weight is 410 g/mol. The third kappa shape index (κ3) is 4.77. The highest BCUT2D eigenvalue weighted by Crippen LogP contribution is 2.21. The molecule has 2 heterocycles. The Hall–Kier alpha value is -3.39. The van der Waals surface area contributed by atoms with Crippen molar-refractivity contribution in [1.29, 1.82) is 0 Å². The summed E-state index contributed by atoms with van der Waals surface area (Å²) < 4.78 is 23.7. The van der Waals surface area contributed by atoms with Crippen molar-refractivity contribution in [1.82, 2.24) is 9.88 Å². The largest absolute Gasteiger partial charge is 0.497 e. The van der Waals surface area contributed by atoms with Crippen LogP contribution in [-0.4, -0.2) is 49.1 Å². The number of hydrogen-bond donors (Lipinski definition) is 1. The summed E-state index contributed by atoms with van der Waals surface area (Å²) in [5, 5.41) is 2.68. The number of oxazole rings is 1. The van der Waals surface area contributed by atoms with E-state index in [1.54, 1.807) is 7.11 Å². The molecule has 156 valence electrons. The van der Waals surface area contributed by atoms with Crippen molar-refractivity contribution < 1.29 is 18.3 Å². The minimum absolute atomic E-state index is 0.200. The van der Waals surface area contributed by atoms with Crippen molar-refractivity contribution >= 4 is 17.3 Å². The lowest BCUT2D eigenvalue weighted by molar-refractivity contribution is 0.102. The Balaban J connectivity index is 1.29. The Labute approximate surface area is 174 Å². The number of carbonyl (C=O) groups excluding carboxylic acids is 1. The van der Waals surface area contributed by atoms with Gasteiger partial charge in [0.05, 0.1) is 13.7 Å². The molecule has 1 aliphatic rings. The van der Waals surface area contributed by atoms with Crippen LogP contribution >= 0.6 is 0 Å². The fourth-order valence-corrected chi connectivity index (χ4v) is 3.36. The lowest BCUT2D eigenvalue weighted by Gasteiger charge is -2.35. The highest BCUT2D eigenvalue weighted by atomic mass is 19.1. The molecule has 1 saturated heterocycles. The average Bonchev–Trinajstić information content (AvgIpc) is 3.25. The molecule has 0 bridgehead atoms. The number of nitrogens with zero attached hydrogens (tertiary/aromatic N) is 3. The van der Waals surface area contributed by atoms with Crippen LogP contribution in [-0.2, 0) is 6.54 Å². The van der Waals surface area contributed by atoms with Crippen LogP contribution in [0.2, 0.25) is 0 Å². The van der Waals surface area contributed by atoms with E-state index in [9.17, 15) is 9.18 Å². The lowest BCUT2D eigenvalue weighted by atomic mass is 10.2. The van der Waals surface area contributed by atoms with Gasteiger partial charge in [0.1, 0.15) is 17.8 Å². The third-order valence-corrected chi connectivity index (χ3v) is 5.06. The van der Waals surface area contributed by atoms with Gasteiger partial charge in [-0.1, -0.05) is 0 Å². The first kappa shape index (κ1) is 19.9. The number of aromatic nitrogens is 1. The SMILES string of the molecule is COc1ccc(N2CCN(Cc3nc(C(=O)Nc4ccc(F)cc4)co3)CC2)cc1. The van der Waals surface area contributed by atoms with E-state index in [4.69, 9.17) is 9.15 Å². The normalized spacial score (nSPS) is 14.5. The van der Waals surface area contributed by atoms with Gasteiger partial charge in [-0.05, 0) is 48.5 Å². The molecule has 0 unspecified atom stereocenters. The second-order valence-corrected chi connectivity index (χ2v) is 7.05. The van der Waals surface area contributed by atoms with Crippen LogP contribution in [0.4, 0.5) is 15.8 Å². The van der Waals surface area contributed by atoms with Crippen LogP contribution in [0.25, 0.3) is 0 Å². The van der Waals surface area contributed by atoms with Gasteiger partial charge in [-0.15, -0.1) is 0 Å². The van der Waals surface area contributed by atoms with E-state index in [-0.39, 0.29) is 17.4 Å². The summed E-state index contributed by atoms with van der Waals surface area (Å²) in [7, 11) is 1.66. The van der Waals surface area contributed by atoms with Crippen molar-refractivity contribution in [3.63, 3.8) is 0 Å². The molecule has 0 saturated carbocycles. The monoisotopic (exact) mass is 410 g/mol. The maximum Gasteiger partial charge on any atom is 0.277 e. The molecular formula is C22H23FN4O3. The van der Waals surface area contributed by atoms with E-state index in [0.717, 1.165) is 31.9 Å². The van der Waals surface area contributed by atoms with Crippen molar-refractivity contribution in [3.05, 3.63) is 72.2 Å². The molecule has 1 fully saturated rings. The number of ether oxygens (including phenoxy) is 1. The number of halogens is 1. The van der Waals surface area contributed by atoms with Crippen LogP contribution in [0.15, 0.2) is 59.2 Å². The highest BCUT2D eigenvalue weighted by molar-refractivity contribution is 6.02. The minimum atomic E-state index is -0.388. The number of benzene rings is 2. The van der Waals surface area contributed by atoms with Crippen LogP contribution in [0, 0.1) is 5.82 Å². The van der Waals surface area contributed by atoms with E-state index < -0.39 is 0 Å². The number of methoxy groups -OCH3 is 1. The fraction of sp³-hybridized carbons (Fsp3) is 0.273. The van der Waals surface area contributed by atoms with Gasteiger partial charge < -0.3 is 19.4 Å². The Kier molecular flexibility index (Phi) is 5.94. The lowest BCUT2D eigenvalue weighted by Crippen LogP contribution is -2.46. The molecule has 7 nitrogen and oxygen atoms in total. The zero-order valence-electron chi connectivity index (χ0n) is 16.7. The van der Waals surface area contributed by atoms with Crippen LogP contribution in [0.1, 0.15) is 16.4 Å². The van der Waals surface area contributed by atoms with E-state index in [2.05, 4.69) is 32.2 Å². The van der Waals surface area contributed by atoms with Gasteiger partial charge in [-0.25, -0.2) is 9.37 Å². The summed E-state index contributed by atoms with van der Waals surface area (Å²) in [6, 6.07) is 13.6. The Morgan fingerprint density at radius 3 is 2.47 bits per heavy atom. The van der Waals surface area contributed by atoms with Crippen LogP contribution < -0.4 is 15.0 Å². The zero-order valence-corrected chi connectivity index (χ0v) is 16.7. The van der Waals surface area contributed by atoms with Gasteiger partial charge in [-0.2, -0.15) is 0 Å². The summed E-state index contributed by atoms with van der Waals surface area (Å²) in [5.41, 5.74) is 1.87. The molecule has 4 rings (SSSR count). The van der Waals surface area contributed by atoms with E-state index in [0.29, 0.717) is 18.1 Å². The van der Waals surface area contributed by atoms with E-state index >= 15 is 0 Å². The fourth-order valence-electron chi connectivity index (χ4n) is 3.36. The molecule has 1 aliphatic heterocycles. The number of carbonyl (C=O) groups is 1. The van der Waals surface area contributed by atoms with Crippen molar-refractivity contribution in [3.8, 4) is 5.75 Å². The maximum atomic E-state index is 13.0.